The zero-order valence-corrected chi connectivity index (χ0v) is 23.5. The summed E-state index contributed by atoms with van der Waals surface area (Å²) in [6.45, 7) is 9.93. The molecule has 0 radical (unpaired) electrons. The fraction of sp³-hybridized carbons (Fsp3) is 0.607. The Balaban J connectivity index is 1.53. The zero-order chi connectivity index (χ0) is 28.0. The van der Waals surface area contributed by atoms with Crippen LogP contribution in [0.4, 0.5) is 10.6 Å². The third-order valence-electron chi connectivity index (χ3n) is 6.92. The molecule has 2 aromatic heterocycles. The van der Waals surface area contributed by atoms with Crippen molar-refractivity contribution < 1.29 is 19.4 Å². The summed E-state index contributed by atoms with van der Waals surface area (Å²) in [6.07, 6.45) is 8.61. The Morgan fingerprint density at radius 1 is 1.13 bits per heavy atom. The second-order valence-electron chi connectivity index (χ2n) is 9.76. The lowest BCUT2D eigenvalue weighted by Gasteiger charge is -2.26. The second kappa shape index (κ2) is 15.8. The number of carboxylic acids is 1. The molecule has 0 aromatic carbocycles. The summed E-state index contributed by atoms with van der Waals surface area (Å²) in [5.41, 5.74) is 2.37. The largest absolute Gasteiger partial charge is 0.489 e. The average molecular weight is 542 g/mol. The summed E-state index contributed by atoms with van der Waals surface area (Å²) >= 11 is 0. The first-order valence-electron chi connectivity index (χ1n) is 14.0. The van der Waals surface area contributed by atoms with Crippen molar-refractivity contribution in [2.45, 2.75) is 65.3 Å². The van der Waals surface area contributed by atoms with Gasteiger partial charge < -0.3 is 25.4 Å². The molecule has 2 amide bonds. The molecule has 0 saturated heterocycles. The van der Waals surface area contributed by atoms with E-state index in [2.05, 4.69) is 37.6 Å². The van der Waals surface area contributed by atoms with E-state index in [9.17, 15) is 14.7 Å². The molecule has 11 heteroatoms. The topological polar surface area (TPSA) is 133 Å². The number of hydrogen-bond donors (Lipinski definition) is 3. The van der Waals surface area contributed by atoms with E-state index in [4.69, 9.17) is 9.72 Å². The number of pyridine rings is 1. The number of anilines is 1. The number of hydrogen-bond acceptors (Lipinski definition) is 8. The van der Waals surface area contributed by atoms with Gasteiger partial charge in [-0.3, -0.25) is 4.90 Å². The molecule has 0 saturated carbocycles. The van der Waals surface area contributed by atoms with Crippen LogP contribution >= 0.6 is 0 Å². The molecule has 0 bridgehead atoms. The van der Waals surface area contributed by atoms with Crippen LogP contribution < -0.4 is 15.4 Å². The first kappa shape index (κ1) is 30.1. The highest BCUT2D eigenvalue weighted by Gasteiger charge is 2.23. The number of fused-ring (bicyclic) bond motifs is 1. The number of unbranched alkanes of at least 4 members (excludes halogenated alkanes) is 1. The van der Waals surface area contributed by atoms with Crippen LogP contribution in [0.15, 0.2) is 24.5 Å². The van der Waals surface area contributed by atoms with E-state index in [0.717, 1.165) is 56.7 Å². The number of carboxylic acid groups (broad SMARTS) is 1. The van der Waals surface area contributed by atoms with Crippen molar-refractivity contribution >= 4 is 17.8 Å². The summed E-state index contributed by atoms with van der Waals surface area (Å²) in [7, 11) is 0. The van der Waals surface area contributed by atoms with E-state index in [-0.39, 0.29) is 6.03 Å². The lowest BCUT2D eigenvalue weighted by Crippen LogP contribution is -2.49. The van der Waals surface area contributed by atoms with Crippen LogP contribution in [0, 0.1) is 6.92 Å². The number of carbonyl (C=O) groups excluding carboxylic acids is 1. The van der Waals surface area contributed by atoms with Crippen LogP contribution in [-0.4, -0.2) is 93.8 Å². The zero-order valence-electron chi connectivity index (χ0n) is 23.5. The van der Waals surface area contributed by atoms with E-state index < -0.39 is 12.0 Å². The molecule has 39 heavy (non-hydrogen) atoms. The number of urea groups is 1. The standard InChI is InChI=1S/C28H43N7O4/c1-4-35(5-2)28(38)33-25(27(36)37)13-16-34(17-18-39-24-19-30-21(3)31-20-24)15-7-6-10-23-12-11-22-9-8-14-29-26(22)32-23/h11-12,19-20,25H,4-10,13-18H2,1-3H3,(H,29,32)(H,33,38)(H,36,37)/t25-/m0/s1. The normalized spacial score (nSPS) is 13.3. The molecule has 0 unspecified atom stereocenters. The maximum atomic E-state index is 12.4. The molecule has 3 rings (SSSR count). The minimum absolute atomic E-state index is 0.300. The monoisotopic (exact) mass is 541 g/mol. The number of nitrogens with zero attached hydrogens (tertiary/aromatic N) is 5. The Hall–Kier alpha value is -3.47. The lowest BCUT2D eigenvalue weighted by atomic mass is 10.1. The van der Waals surface area contributed by atoms with E-state index in [0.29, 0.717) is 50.8 Å². The predicted octanol–water partition coefficient (Wildman–Crippen LogP) is 3.14. The van der Waals surface area contributed by atoms with Crippen molar-refractivity contribution in [1.82, 2.24) is 30.1 Å². The molecule has 1 aliphatic heterocycles. The third kappa shape index (κ3) is 9.97. The van der Waals surface area contributed by atoms with Gasteiger partial charge in [0.25, 0.3) is 0 Å². The van der Waals surface area contributed by atoms with Gasteiger partial charge in [0, 0.05) is 38.4 Å². The minimum Gasteiger partial charge on any atom is -0.489 e. The number of amides is 2. The predicted molar refractivity (Wildman–Crippen MR) is 150 cm³/mol. The van der Waals surface area contributed by atoms with Gasteiger partial charge >= 0.3 is 12.0 Å². The number of rotatable bonds is 16. The summed E-state index contributed by atoms with van der Waals surface area (Å²) < 4.78 is 5.82. The molecule has 2 aromatic rings. The third-order valence-corrected chi connectivity index (χ3v) is 6.92. The molecule has 0 aliphatic carbocycles. The van der Waals surface area contributed by atoms with E-state index in [1.807, 2.05) is 20.8 Å². The smallest absolute Gasteiger partial charge is 0.326 e. The highest BCUT2D eigenvalue weighted by Crippen LogP contribution is 2.20. The molecule has 214 valence electrons. The fourth-order valence-corrected chi connectivity index (χ4v) is 4.55. The van der Waals surface area contributed by atoms with Crippen LogP contribution in [0.3, 0.4) is 0 Å². The van der Waals surface area contributed by atoms with Gasteiger partial charge in [0.15, 0.2) is 5.75 Å². The Kier molecular flexibility index (Phi) is 12.2. The van der Waals surface area contributed by atoms with Crippen molar-refractivity contribution in [3.63, 3.8) is 0 Å². The van der Waals surface area contributed by atoms with E-state index >= 15 is 0 Å². The molecule has 3 N–H and O–H groups in total. The highest BCUT2D eigenvalue weighted by molar-refractivity contribution is 5.82. The van der Waals surface area contributed by atoms with Gasteiger partial charge in [-0.15, -0.1) is 0 Å². The van der Waals surface area contributed by atoms with Crippen LogP contribution in [0.25, 0.3) is 0 Å². The van der Waals surface area contributed by atoms with E-state index in [1.54, 1.807) is 17.3 Å². The Morgan fingerprint density at radius 2 is 1.90 bits per heavy atom. The quantitative estimate of drug-likeness (QED) is 0.274. The number of aliphatic carboxylic acids is 1. The van der Waals surface area contributed by atoms with Crippen LogP contribution in [0.1, 0.15) is 56.6 Å². The maximum absolute atomic E-state index is 12.4. The SMILES string of the molecule is CCN(CC)C(=O)N[C@@H](CCN(CCCCc1ccc2c(n1)NCCC2)CCOc1cnc(C)nc1)C(=O)O. The van der Waals surface area contributed by atoms with Gasteiger partial charge in [-0.05, 0) is 77.5 Å². The highest BCUT2D eigenvalue weighted by atomic mass is 16.5. The lowest BCUT2D eigenvalue weighted by molar-refractivity contribution is -0.139. The van der Waals surface area contributed by atoms with Gasteiger partial charge in [-0.1, -0.05) is 6.07 Å². The molecule has 3 heterocycles. The van der Waals surface area contributed by atoms with Crippen LogP contribution in [0.5, 0.6) is 5.75 Å². The van der Waals surface area contributed by atoms with Gasteiger partial charge in [0.2, 0.25) is 0 Å². The summed E-state index contributed by atoms with van der Waals surface area (Å²) in [6, 6.07) is 2.99. The number of aromatic nitrogens is 3. The van der Waals surface area contributed by atoms with Crippen molar-refractivity contribution in [1.29, 1.82) is 0 Å². The number of ether oxygens (including phenoxy) is 1. The summed E-state index contributed by atoms with van der Waals surface area (Å²) in [5, 5.41) is 15.8. The maximum Gasteiger partial charge on any atom is 0.326 e. The molecule has 1 aliphatic rings. The molecule has 0 spiro atoms. The van der Waals surface area contributed by atoms with E-state index in [1.165, 1.54) is 5.56 Å². The molecular weight excluding hydrogens is 498 g/mol. The van der Waals surface area contributed by atoms with Crippen molar-refractivity contribution in [2.24, 2.45) is 0 Å². The van der Waals surface area contributed by atoms with Gasteiger partial charge in [-0.2, -0.15) is 0 Å². The Morgan fingerprint density at radius 3 is 2.62 bits per heavy atom. The van der Waals surface area contributed by atoms with Gasteiger partial charge in [0.1, 0.15) is 24.3 Å². The first-order valence-corrected chi connectivity index (χ1v) is 14.0. The molecular formula is C28H43N7O4. The number of carbonyl (C=O) groups is 2. The Bertz CT molecular complexity index is 1050. The van der Waals surface area contributed by atoms with Crippen molar-refractivity contribution in [3.05, 3.63) is 41.6 Å². The molecule has 11 nitrogen and oxygen atoms in total. The molecule has 1 atom stereocenters. The minimum atomic E-state index is -1.03. The number of nitrogens with one attached hydrogen (secondary N) is 2. The first-order chi connectivity index (χ1) is 18.9. The second-order valence-corrected chi connectivity index (χ2v) is 9.76. The van der Waals surface area contributed by atoms with Crippen LogP contribution in [0.2, 0.25) is 0 Å². The van der Waals surface area contributed by atoms with Crippen molar-refractivity contribution in [3.8, 4) is 5.75 Å². The Labute approximate surface area is 231 Å². The summed E-state index contributed by atoms with van der Waals surface area (Å²) in [4.78, 5) is 41.2. The van der Waals surface area contributed by atoms with Crippen molar-refractivity contribution in [2.75, 3.05) is 51.2 Å². The number of aryl methyl sites for hydroxylation is 3. The fourth-order valence-electron chi connectivity index (χ4n) is 4.55. The summed E-state index contributed by atoms with van der Waals surface area (Å²) in [5.74, 6) is 1.27. The molecule has 0 fully saturated rings. The van der Waals surface area contributed by atoms with Gasteiger partial charge in [0.05, 0.1) is 12.4 Å². The van der Waals surface area contributed by atoms with Gasteiger partial charge in [-0.25, -0.2) is 24.5 Å². The van der Waals surface area contributed by atoms with Crippen LogP contribution in [-0.2, 0) is 17.6 Å². The average Bonchev–Trinajstić information content (AvgIpc) is 2.94.